The van der Waals surface area contributed by atoms with E-state index in [4.69, 9.17) is 4.74 Å². The van der Waals surface area contributed by atoms with Crippen LogP contribution in [0.25, 0.3) is 0 Å². The Hall–Kier alpha value is -3.53. The molecule has 1 aliphatic rings. The van der Waals surface area contributed by atoms with Gasteiger partial charge in [0.2, 0.25) is 17.6 Å². The van der Waals surface area contributed by atoms with Gasteiger partial charge in [0.1, 0.15) is 5.75 Å². The Morgan fingerprint density at radius 2 is 1.66 bits per heavy atom. The number of nitrogens with zero attached hydrogens (tertiary/aromatic N) is 1. The summed E-state index contributed by atoms with van der Waals surface area (Å²) in [6.07, 6.45) is 4.84. The first kappa shape index (κ1) is 29.0. The molecule has 1 aliphatic heterocycles. The fourth-order valence-electron chi connectivity index (χ4n) is 4.13. The lowest BCUT2D eigenvalue weighted by Crippen LogP contribution is -2.38. The predicted molar refractivity (Wildman–Crippen MR) is 149 cm³/mol. The van der Waals surface area contributed by atoms with Gasteiger partial charge in [0, 0.05) is 29.9 Å². The minimum Gasteiger partial charge on any atom is -0.494 e. The Morgan fingerprint density at radius 1 is 0.895 bits per heavy atom. The first-order valence-electron chi connectivity index (χ1n) is 12.9. The third-order valence-electron chi connectivity index (χ3n) is 6.23. The van der Waals surface area contributed by atoms with Gasteiger partial charge in [-0.15, -0.1) is 0 Å². The van der Waals surface area contributed by atoms with E-state index in [-0.39, 0.29) is 48.8 Å². The molecular formula is C28H36N4O5S. The number of ether oxygens (including phenoxy) is 1. The number of hydrogen-bond donors (Lipinski definition) is 4. The third kappa shape index (κ3) is 9.09. The SMILES string of the molecule is C=C(CNC(=O)CS)NCC(=O)NCC(=O)CCCCCOc1ccc(C(=O)c2ccc3n2CCC3)cc1. The summed E-state index contributed by atoms with van der Waals surface area (Å²) in [4.78, 5) is 47.8. The zero-order valence-electron chi connectivity index (χ0n) is 21.6. The van der Waals surface area contributed by atoms with Crippen LogP contribution in [0.15, 0.2) is 48.7 Å². The number of benzene rings is 1. The zero-order valence-corrected chi connectivity index (χ0v) is 22.5. The Morgan fingerprint density at radius 3 is 2.42 bits per heavy atom. The molecule has 0 saturated heterocycles. The number of carbonyl (C=O) groups is 4. The fraction of sp³-hybridized carbons (Fsp3) is 0.429. The smallest absolute Gasteiger partial charge is 0.239 e. The molecule has 204 valence electrons. The Labute approximate surface area is 228 Å². The number of rotatable bonds is 17. The van der Waals surface area contributed by atoms with Gasteiger partial charge in [-0.1, -0.05) is 6.58 Å². The summed E-state index contributed by atoms with van der Waals surface area (Å²) in [7, 11) is 0. The standard InChI is InChI=1S/C28H36N4O5S/c1-20(16-30-27(35)19-38)29-18-26(34)31-17-23(33)7-3-2-4-15-37-24-11-8-21(9-12-24)28(36)25-13-10-22-6-5-14-32(22)25/h8-13,29,38H,1-7,14-19H2,(H,30,35)(H,31,34). The second-order valence-corrected chi connectivity index (χ2v) is 9.50. The second kappa shape index (κ2) is 15.0. The number of Topliss-reactive ketones (excluding diaryl/α,β-unsaturated/α-hetero) is 1. The van der Waals surface area contributed by atoms with Crippen LogP contribution < -0.4 is 20.7 Å². The van der Waals surface area contributed by atoms with Crippen LogP contribution in [0.5, 0.6) is 5.75 Å². The number of unbranched alkanes of at least 4 members (excludes halogenated alkanes) is 2. The Kier molecular flexibility index (Phi) is 11.5. The molecule has 2 aromatic rings. The van der Waals surface area contributed by atoms with Gasteiger partial charge in [-0.2, -0.15) is 12.6 Å². The Bertz CT molecular complexity index is 1140. The molecule has 9 nitrogen and oxygen atoms in total. The molecule has 0 aliphatic carbocycles. The molecule has 38 heavy (non-hydrogen) atoms. The van der Waals surface area contributed by atoms with Crippen LogP contribution in [0.4, 0.5) is 0 Å². The first-order chi connectivity index (χ1) is 18.4. The number of hydrogen-bond acceptors (Lipinski definition) is 7. The molecule has 0 bridgehead atoms. The number of nitrogens with one attached hydrogen (secondary N) is 3. The van der Waals surface area contributed by atoms with Crippen molar-refractivity contribution in [1.29, 1.82) is 0 Å². The van der Waals surface area contributed by atoms with E-state index in [1.165, 1.54) is 5.69 Å². The predicted octanol–water partition coefficient (Wildman–Crippen LogP) is 2.44. The van der Waals surface area contributed by atoms with Crippen molar-refractivity contribution in [2.45, 2.75) is 45.1 Å². The topological polar surface area (TPSA) is 119 Å². The van der Waals surface area contributed by atoms with Crippen molar-refractivity contribution >= 4 is 36.0 Å². The van der Waals surface area contributed by atoms with Crippen LogP contribution in [0.1, 0.15) is 53.8 Å². The molecule has 0 radical (unpaired) electrons. The van der Waals surface area contributed by atoms with Crippen LogP contribution in [-0.4, -0.2) is 59.9 Å². The van der Waals surface area contributed by atoms with Crippen LogP contribution in [-0.2, 0) is 27.3 Å². The van der Waals surface area contributed by atoms with Crippen molar-refractivity contribution in [3.63, 3.8) is 0 Å². The first-order valence-corrected chi connectivity index (χ1v) is 13.5. The summed E-state index contributed by atoms with van der Waals surface area (Å²) in [5.41, 5.74) is 3.11. The van der Waals surface area contributed by atoms with Crippen molar-refractivity contribution in [3.8, 4) is 5.75 Å². The number of fused-ring (bicyclic) bond motifs is 1. The number of amides is 2. The monoisotopic (exact) mass is 540 g/mol. The quantitative estimate of drug-likeness (QED) is 0.139. The maximum atomic E-state index is 12.8. The molecule has 0 spiro atoms. The molecule has 2 heterocycles. The lowest BCUT2D eigenvalue weighted by atomic mass is 10.1. The lowest BCUT2D eigenvalue weighted by molar-refractivity contribution is -0.124. The van der Waals surface area contributed by atoms with Gasteiger partial charge < -0.3 is 25.3 Å². The lowest BCUT2D eigenvalue weighted by Gasteiger charge is -2.10. The van der Waals surface area contributed by atoms with E-state index in [9.17, 15) is 19.2 Å². The van der Waals surface area contributed by atoms with Crippen molar-refractivity contribution in [2.75, 3.05) is 32.0 Å². The molecule has 1 aromatic heterocycles. The summed E-state index contributed by atoms with van der Waals surface area (Å²) in [6.45, 7) is 5.31. The number of carbonyl (C=O) groups excluding carboxylic acids is 4. The molecule has 0 unspecified atom stereocenters. The van der Waals surface area contributed by atoms with Crippen LogP contribution in [0.2, 0.25) is 0 Å². The summed E-state index contributed by atoms with van der Waals surface area (Å²) in [6, 6.07) is 11.2. The highest BCUT2D eigenvalue weighted by Gasteiger charge is 2.19. The highest BCUT2D eigenvalue weighted by molar-refractivity contribution is 7.81. The second-order valence-electron chi connectivity index (χ2n) is 9.19. The highest BCUT2D eigenvalue weighted by Crippen LogP contribution is 2.22. The van der Waals surface area contributed by atoms with Crippen molar-refractivity contribution in [1.82, 2.24) is 20.5 Å². The Balaban J connectivity index is 1.23. The highest BCUT2D eigenvalue weighted by atomic mass is 32.1. The van der Waals surface area contributed by atoms with Gasteiger partial charge in [0.15, 0.2) is 5.78 Å². The summed E-state index contributed by atoms with van der Waals surface area (Å²) >= 11 is 3.86. The third-order valence-corrected chi connectivity index (χ3v) is 6.51. The van der Waals surface area contributed by atoms with E-state index >= 15 is 0 Å². The van der Waals surface area contributed by atoms with Crippen molar-refractivity contribution in [2.24, 2.45) is 0 Å². The van der Waals surface area contributed by atoms with Crippen molar-refractivity contribution in [3.05, 3.63) is 65.6 Å². The van der Waals surface area contributed by atoms with Gasteiger partial charge in [0.25, 0.3) is 0 Å². The van der Waals surface area contributed by atoms with Gasteiger partial charge in [-0.3, -0.25) is 19.2 Å². The molecule has 3 N–H and O–H groups in total. The van der Waals surface area contributed by atoms with Gasteiger partial charge in [0.05, 0.1) is 37.7 Å². The van der Waals surface area contributed by atoms with Gasteiger partial charge in [-0.05, 0) is 68.5 Å². The molecular weight excluding hydrogens is 504 g/mol. The van der Waals surface area contributed by atoms with E-state index in [0.717, 1.165) is 37.9 Å². The maximum absolute atomic E-state index is 12.8. The van der Waals surface area contributed by atoms with Crippen molar-refractivity contribution < 1.29 is 23.9 Å². The summed E-state index contributed by atoms with van der Waals surface area (Å²) in [5, 5.41) is 7.96. The van der Waals surface area contributed by atoms with E-state index in [1.807, 2.05) is 24.3 Å². The number of thiol groups is 1. The van der Waals surface area contributed by atoms with E-state index < -0.39 is 0 Å². The zero-order chi connectivity index (χ0) is 27.3. The van der Waals surface area contributed by atoms with Gasteiger partial charge >= 0.3 is 0 Å². The molecule has 0 saturated carbocycles. The average Bonchev–Trinajstić information content (AvgIpc) is 3.55. The normalized spacial score (nSPS) is 11.9. The minimum absolute atomic E-state index is 0.0169. The van der Waals surface area contributed by atoms with Crippen LogP contribution >= 0.6 is 12.6 Å². The van der Waals surface area contributed by atoms with Crippen LogP contribution in [0, 0.1) is 0 Å². The number of aryl methyl sites for hydroxylation is 1. The maximum Gasteiger partial charge on any atom is 0.239 e. The summed E-state index contributed by atoms with van der Waals surface area (Å²) < 4.78 is 7.88. The molecule has 0 atom stereocenters. The molecule has 10 heteroatoms. The van der Waals surface area contributed by atoms with E-state index in [2.05, 4.69) is 39.7 Å². The molecule has 2 amide bonds. The molecule has 1 aromatic carbocycles. The fourth-order valence-corrected chi connectivity index (χ4v) is 4.24. The van der Waals surface area contributed by atoms with Gasteiger partial charge in [-0.25, -0.2) is 0 Å². The summed E-state index contributed by atoms with van der Waals surface area (Å²) in [5.74, 6) is 0.238. The van der Waals surface area contributed by atoms with E-state index in [1.54, 1.807) is 12.1 Å². The van der Waals surface area contributed by atoms with E-state index in [0.29, 0.717) is 36.5 Å². The largest absolute Gasteiger partial charge is 0.494 e. The minimum atomic E-state index is -0.321. The molecule has 0 fully saturated rings. The number of aromatic nitrogens is 1. The number of ketones is 2. The van der Waals surface area contributed by atoms with Crippen LogP contribution in [0.3, 0.4) is 0 Å². The molecule has 3 rings (SSSR count). The average molecular weight is 541 g/mol.